The quantitative estimate of drug-likeness (QED) is 0.540. The minimum atomic E-state index is -2.26. The molecule has 1 aromatic carbocycles. The highest BCUT2D eigenvalue weighted by atomic mass is 16.7. The molecule has 1 N–H and O–H groups in total. The zero-order valence-corrected chi connectivity index (χ0v) is 16.8. The molecule has 3 aliphatic heterocycles. The second kappa shape index (κ2) is 6.56. The van der Waals surface area contributed by atoms with Gasteiger partial charge in [-0.2, -0.15) is 15.8 Å². The van der Waals surface area contributed by atoms with Crippen molar-refractivity contribution in [3.8, 4) is 29.7 Å². The summed E-state index contributed by atoms with van der Waals surface area (Å²) in [4.78, 5) is 11.3. The number of nitrogens with zero attached hydrogens (tertiary/aromatic N) is 4. The minimum Gasteiger partial charge on any atom is -0.454 e. The molecule has 5 rings (SSSR count). The summed E-state index contributed by atoms with van der Waals surface area (Å²) >= 11 is 0. The Morgan fingerprint density at radius 2 is 1.81 bits per heavy atom. The molecule has 4 unspecified atom stereocenters. The van der Waals surface area contributed by atoms with E-state index in [2.05, 4.69) is 6.07 Å². The monoisotopic (exact) mass is 435 g/mol. The molecule has 1 saturated carbocycles. The molecule has 0 amide bonds. The van der Waals surface area contributed by atoms with Gasteiger partial charge in [0.15, 0.2) is 16.9 Å². The number of nitrogens with one attached hydrogen (secondary N) is 1. The van der Waals surface area contributed by atoms with Crippen molar-refractivity contribution in [1.29, 1.82) is 21.2 Å². The molecule has 32 heavy (non-hydrogen) atoms. The first kappa shape index (κ1) is 20.0. The maximum atomic E-state index is 11.9. The smallest absolute Gasteiger partial charge is 0.279 e. The van der Waals surface area contributed by atoms with E-state index >= 15 is 0 Å². The summed E-state index contributed by atoms with van der Waals surface area (Å²) in [5, 5.41) is 51.5. The molecule has 0 spiro atoms. The molecule has 0 aromatic heterocycles. The third-order valence-corrected chi connectivity index (χ3v) is 7.07. The molecule has 3 fully saturated rings. The van der Waals surface area contributed by atoms with Gasteiger partial charge in [-0.05, 0) is 18.9 Å². The summed E-state index contributed by atoms with van der Waals surface area (Å²) in [6.45, 7) is -0.134. The van der Waals surface area contributed by atoms with Crippen LogP contribution in [-0.4, -0.2) is 23.4 Å². The molecule has 1 aromatic rings. The SMILES string of the molecule is N#CC1(C#N)C(c2cc3c(cc2[N+](=O)[O-])OCO3)OC23CCCCCC2C1(C#N)C(=N)O3. The zero-order valence-electron chi connectivity index (χ0n) is 16.8. The van der Waals surface area contributed by atoms with Gasteiger partial charge in [-0.3, -0.25) is 15.5 Å². The Morgan fingerprint density at radius 1 is 1.09 bits per heavy atom. The highest BCUT2D eigenvalue weighted by Gasteiger charge is 2.80. The predicted octanol–water partition coefficient (Wildman–Crippen LogP) is 3.22. The van der Waals surface area contributed by atoms with E-state index in [0.29, 0.717) is 19.3 Å². The first-order valence-corrected chi connectivity index (χ1v) is 10.2. The lowest BCUT2D eigenvalue weighted by molar-refractivity contribution is -0.387. The van der Waals surface area contributed by atoms with Crippen LogP contribution in [0.15, 0.2) is 12.1 Å². The van der Waals surface area contributed by atoms with Crippen LogP contribution in [-0.2, 0) is 9.47 Å². The van der Waals surface area contributed by atoms with Crippen LogP contribution in [0.2, 0.25) is 0 Å². The Balaban J connectivity index is 1.81. The summed E-state index contributed by atoms with van der Waals surface area (Å²) in [6, 6.07) is 8.40. The largest absolute Gasteiger partial charge is 0.454 e. The second-order valence-electron chi connectivity index (χ2n) is 8.37. The molecule has 4 aliphatic rings. The maximum absolute atomic E-state index is 11.9. The number of nitro benzene ring substituents is 1. The molecule has 11 heteroatoms. The fraction of sp³-hybridized carbons (Fsp3) is 0.524. The van der Waals surface area contributed by atoms with Crippen LogP contribution in [0.25, 0.3) is 0 Å². The van der Waals surface area contributed by atoms with E-state index in [9.17, 15) is 25.9 Å². The van der Waals surface area contributed by atoms with Gasteiger partial charge in [-0.1, -0.05) is 12.8 Å². The normalized spacial score (nSPS) is 33.6. The predicted molar refractivity (Wildman–Crippen MR) is 103 cm³/mol. The lowest BCUT2D eigenvalue weighted by Gasteiger charge is -2.49. The van der Waals surface area contributed by atoms with Crippen LogP contribution in [0.3, 0.4) is 0 Å². The van der Waals surface area contributed by atoms with E-state index in [1.165, 1.54) is 6.07 Å². The summed E-state index contributed by atoms with van der Waals surface area (Å²) < 4.78 is 22.8. The van der Waals surface area contributed by atoms with Gasteiger partial charge >= 0.3 is 0 Å². The van der Waals surface area contributed by atoms with Gasteiger partial charge in [-0.25, -0.2) is 0 Å². The van der Waals surface area contributed by atoms with E-state index < -0.39 is 45.1 Å². The van der Waals surface area contributed by atoms with Crippen LogP contribution >= 0.6 is 0 Å². The molecule has 3 heterocycles. The van der Waals surface area contributed by atoms with Crippen LogP contribution in [0.4, 0.5) is 5.69 Å². The first-order chi connectivity index (χ1) is 15.4. The lowest BCUT2D eigenvalue weighted by Crippen LogP contribution is -2.59. The van der Waals surface area contributed by atoms with Crippen LogP contribution in [0, 0.1) is 66.3 Å². The van der Waals surface area contributed by atoms with Gasteiger partial charge in [0.25, 0.3) is 5.69 Å². The van der Waals surface area contributed by atoms with Crippen molar-refractivity contribution in [2.24, 2.45) is 16.7 Å². The fourth-order valence-corrected chi connectivity index (χ4v) is 5.63. The number of nitro groups is 1. The van der Waals surface area contributed by atoms with Crippen molar-refractivity contribution < 1.29 is 23.9 Å². The molecule has 4 atom stereocenters. The second-order valence-corrected chi connectivity index (χ2v) is 8.37. The molecule has 2 bridgehead atoms. The Hall–Kier alpha value is -3.88. The Kier molecular flexibility index (Phi) is 4.11. The molecule has 11 nitrogen and oxygen atoms in total. The number of nitriles is 3. The van der Waals surface area contributed by atoms with Crippen molar-refractivity contribution in [2.45, 2.75) is 44.0 Å². The van der Waals surface area contributed by atoms with E-state index in [4.69, 9.17) is 24.4 Å². The molecular formula is C21H17N5O6. The highest BCUT2D eigenvalue weighted by Crippen LogP contribution is 2.69. The van der Waals surface area contributed by atoms with Crippen molar-refractivity contribution >= 4 is 11.6 Å². The molecule has 162 valence electrons. The van der Waals surface area contributed by atoms with E-state index in [0.717, 1.165) is 18.9 Å². The van der Waals surface area contributed by atoms with Crippen molar-refractivity contribution in [2.75, 3.05) is 6.79 Å². The molecular weight excluding hydrogens is 418 g/mol. The Bertz CT molecular complexity index is 1160. The van der Waals surface area contributed by atoms with Crippen LogP contribution < -0.4 is 9.47 Å². The average molecular weight is 435 g/mol. The standard InChI is InChI=1S/C21H17N5O6/c22-8-19(9-23)17(12-6-14-15(30-11-29-14)7-13(12)26(27)28)31-21-5-3-1-2-4-16(21)20(19,10-24)18(25)32-21/h6-7,16-17,25H,1-5,11H2. The van der Waals surface area contributed by atoms with Crippen molar-refractivity contribution in [3.05, 3.63) is 27.8 Å². The Morgan fingerprint density at radius 3 is 2.47 bits per heavy atom. The summed E-state index contributed by atoms with van der Waals surface area (Å²) in [5.41, 5.74) is -4.72. The number of ether oxygens (including phenoxy) is 4. The molecule has 2 saturated heterocycles. The van der Waals surface area contributed by atoms with Crippen molar-refractivity contribution in [1.82, 2.24) is 0 Å². The summed E-state index contributed by atoms with van der Waals surface area (Å²) in [6.07, 6.45) is 1.48. The number of hydrogen-bond donors (Lipinski definition) is 1. The van der Waals surface area contributed by atoms with Gasteiger partial charge in [0, 0.05) is 6.42 Å². The fourth-order valence-electron chi connectivity index (χ4n) is 5.63. The van der Waals surface area contributed by atoms with Gasteiger partial charge in [0.1, 0.15) is 6.10 Å². The Labute approximate surface area is 182 Å². The number of fused-ring (bicyclic) bond motifs is 1. The molecule has 0 radical (unpaired) electrons. The van der Waals surface area contributed by atoms with E-state index in [-0.39, 0.29) is 23.9 Å². The summed E-state index contributed by atoms with van der Waals surface area (Å²) in [5.74, 6) is -2.29. The third kappa shape index (κ3) is 2.17. The number of benzene rings is 1. The van der Waals surface area contributed by atoms with Crippen LogP contribution in [0.1, 0.15) is 43.8 Å². The third-order valence-electron chi connectivity index (χ3n) is 7.07. The topological polar surface area (TPSA) is 175 Å². The zero-order chi connectivity index (χ0) is 22.7. The van der Waals surface area contributed by atoms with Crippen molar-refractivity contribution in [3.63, 3.8) is 0 Å². The van der Waals surface area contributed by atoms with E-state index in [1.807, 2.05) is 12.1 Å². The molecule has 1 aliphatic carbocycles. The number of hydrogen-bond acceptors (Lipinski definition) is 10. The summed E-state index contributed by atoms with van der Waals surface area (Å²) in [7, 11) is 0. The number of rotatable bonds is 2. The minimum absolute atomic E-state index is 0.0950. The van der Waals surface area contributed by atoms with E-state index in [1.54, 1.807) is 0 Å². The van der Waals surface area contributed by atoms with Gasteiger partial charge in [0.05, 0.1) is 40.7 Å². The lowest BCUT2D eigenvalue weighted by atomic mass is 9.52. The van der Waals surface area contributed by atoms with Gasteiger partial charge in [0.2, 0.25) is 23.9 Å². The first-order valence-electron chi connectivity index (χ1n) is 10.2. The van der Waals surface area contributed by atoms with Crippen LogP contribution in [0.5, 0.6) is 11.5 Å². The van der Waals surface area contributed by atoms with Gasteiger partial charge < -0.3 is 18.9 Å². The average Bonchev–Trinajstić information content (AvgIpc) is 3.23. The van der Waals surface area contributed by atoms with Gasteiger partial charge in [-0.15, -0.1) is 0 Å². The maximum Gasteiger partial charge on any atom is 0.279 e. The highest BCUT2D eigenvalue weighted by molar-refractivity contribution is 5.89.